The van der Waals surface area contributed by atoms with Crippen LogP contribution in [0.4, 0.5) is 0 Å². The first-order valence-corrected chi connectivity index (χ1v) is 3.15. The summed E-state index contributed by atoms with van der Waals surface area (Å²) >= 11 is 0. The van der Waals surface area contributed by atoms with E-state index in [1.54, 1.807) is 20.8 Å². The van der Waals surface area contributed by atoms with Crippen molar-refractivity contribution in [3.05, 3.63) is 5.53 Å². The summed E-state index contributed by atoms with van der Waals surface area (Å²) in [6.45, 7) is 4.93. The van der Waals surface area contributed by atoms with Crippen molar-refractivity contribution < 1.29 is 14.4 Å². The minimum Gasteiger partial charge on any atom is -0.360 e. The van der Waals surface area contributed by atoms with E-state index in [1.165, 1.54) is 0 Å². The summed E-state index contributed by atoms with van der Waals surface area (Å²) in [6.07, 6.45) is 0.244. The van der Waals surface area contributed by atoms with Gasteiger partial charge < -0.3 is 5.53 Å². The van der Waals surface area contributed by atoms with Gasteiger partial charge in [0.25, 0.3) is 5.78 Å². The molecular formula is C7H10N2O2. The first kappa shape index (κ1) is 9.72. The zero-order chi connectivity index (χ0) is 9.07. The van der Waals surface area contributed by atoms with Gasteiger partial charge in [0.1, 0.15) is 0 Å². The summed E-state index contributed by atoms with van der Waals surface area (Å²) in [5.74, 6) is -0.463. The Balaban J connectivity index is 4.77. The van der Waals surface area contributed by atoms with Crippen LogP contribution in [0.1, 0.15) is 20.8 Å². The quantitative estimate of drug-likeness (QED) is 0.191. The third-order valence-electron chi connectivity index (χ3n) is 1.13. The van der Waals surface area contributed by atoms with E-state index in [4.69, 9.17) is 5.53 Å². The molecule has 0 saturated carbocycles. The number of nitrogens with zero attached hydrogens (tertiary/aromatic N) is 2. The fourth-order valence-corrected chi connectivity index (χ4v) is 0.507. The SMILES string of the molecule is CC(C)(C)C(=O)C(C=O)=[N+]=[N-]. The molecule has 0 fully saturated rings. The van der Waals surface area contributed by atoms with Crippen molar-refractivity contribution in [2.45, 2.75) is 20.8 Å². The highest BCUT2D eigenvalue weighted by molar-refractivity contribution is 6.58. The third kappa shape index (κ3) is 2.43. The summed E-state index contributed by atoms with van der Waals surface area (Å²) in [5.41, 5.74) is 7.08. The highest BCUT2D eigenvalue weighted by Crippen LogP contribution is 2.13. The average molecular weight is 154 g/mol. The Labute approximate surface area is 64.8 Å². The smallest absolute Gasteiger partial charge is 0.360 e. The molecule has 0 aliphatic rings. The fraction of sp³-hybridized carbons (Fsp3) is 0.571. The van der Waals surface area contributed by atoms with Crippen LogP contribution in [-0.2, 0) is 9.59 Å². The van der Waals surface area contributed by atoms with Crippen LogP contribution in [-0.4, -0.2) is 22.6 Å². The summed E-state index contributed by atoms with van der Waals surface area (Å²) in [5, 5.41) is 0. The van der Waals surface area contributed by atoms with Gasteiger partial charge in [0.05, 0.1) is 0 Å². The van der Waals surface area contributed by atoms with Crippen molar-refractivity contribution in [2.24, 2.45) is 5.41 Å². The Hall–Kier alpha value is -1.28. The summed E-state index contributed by atoms with van der Waals surface area (Å²) in [4.78, 5) is 23.8. The monoisotopic (exact) mass is 154 g/mol. The van der Waals surface area contributed by atoms with E-state index >= 15 is 0 Å². The molecule has 0 aliphatic heterocycles. The largest absolute Gasteiger partial charge is 0.397 e. The Morgan fingerprint density at radius 1 is 1.45 bits per heavy atom. The van der Waals surface area contributed by atoms with Crippen LogP contribution in [0.25, 0.3) is 5.53 Å². The molecule has 0 atom stereocenters. The van der Waals surface area contributed by atoms with Gasteiger partial charge in [-0.25, -0.2) is 0 Å². The van der Waals surface area contributed by atoms with Crippen molar-refractivity contribution in [1.82, 2.24) is 0 Å². The van der Waals surface area contributed by atoms with Crippen molar-refractivity contribution in [2.75, 3.05) is 0 Å². The predicted octanol–water partition coefficient (Wildman–Crippen LogP) is 0.471. The van der Waals surface area contributed by atoms with Crippen molar-refractivity contribution >= 4 is 17.8 Å². The van der Waals surface area contributed by atoms with Crippen LogP contribution in [0.2, 0.25) is 0 Å². The van der Waals surface area contributed by atoms with E-state index in [0.717, 1.165) is 0 Å². The molecule has 0 amide bonds. The topological polar surface area (TPSA) is 70.5 Å². The van der Waals surface area contributed by atoms with E-state index in [2.05, 4.69) is 4.79 Å². The molecule has 0 radical (unpaired) electrons. The number of carbonyl (C=O) groups excluding carboxylic acids is 2. The first-order valence-electron chi connectivity index (χ1n) is 3.15. The van der Waals surface area contributed by atoms with Crippen LogP contribution in [0.15, 0.2) is 0 Å². The molecule has 0 saturated heterocycles. The standard InChI is InChI=1S/C7H10N2O2/c1-7(2,3)6(11)5(4-10)9-8/h4H,1-3H3. The highest BCUT2D eigenvalue weighted by atomic mass is 16.1. The molecule has 0 unspecified atom stereocenters. The maximum Gasteiger partial charge on any atom is 0.397 e. The summed E-state index contributed by atoms with van der Waals surface area (Å²) in [7, 11) is 0. The second-order valence-electron chi connectivity index (χ2n) is 3.18. The molecule has 0 aromatic rings. The number of aldehydes is 1. The number of carbonyl (C=O) groups is 2. The van der Waals surface area contributed by atoms with Crippen molar-refractivity contribution in [3.8, 4) is 0 Å². The van der Waals surface area contributed by atoms with Gasteiger partial charge in [0.15, 0.2) is 0 Å². The van der Waals surface area contributed by atoms with Gasteiger partial charge in [-0.3, -0.25) is 9.59 Å². The van der Waals surface area contributed by atoms with Crippen LogP contribution >= 0.6 is 0 Å². The maximum absolute atomic E-state index is 11.1. The van der Waals surface area contributed by atoms with Gasteiger partial charge >= 0.3 is 5.71 Å². The molecule has 0 N–H and O–H groups in total. The molecule has 11 heavy (non-hydrogen) atoms. The molecule has 0 aromatic carbocycles. The molecule has 4 heteroatoms. The minimum absolute atomic E-state index is 0.244. The van der Waals surface area contributed by atoms with E-state index in [-0.39, 0.29) is 6.29 Å². The number of Topliss-reactive ketones (excluding diaryl/α,β-unsaturated/α-hetero) is 1. The lowest BCUT2D eigenvalue weighted by atomic mass is 9.88. The van der Waals surface area contributed by atoms with Gasteiger partial charge in [0.2, 0.25) is 6.29 Å². The zero-order valence-corrected chi connectivity index (χ0v) is 6.79. The van der Waals surface area contributed by atoms with Crippen molar-refractivity contribution in [3.63, 3.8) is 0 Å². The van der Waals surface area contributed by atoms with Gasteiger partial charge in [0, 0.05) is 5.41 Å². The van der Waals surface area contributed by atoms with Crippen LogP contribution in [0.3, 0.4) is 0 Å². The lowest BCUT2D eigenvalue weighted by Crippen LogP contribution is -2.30. The molecule has 0 bridgehead atoms. The first-order chi connectivity index (χ1) is 4.93. The number of ketones is 1. The van der Waals surface area contributed by atoms with Crippen LogP contribution in [0.5, 0.6) is 0 Å². The lowest BCUT2D eigenvalue weighted by molar-refractivity contribution is -0.126. The summed E-state index contributed by atoms with van der Waals surface area (Å²) < 4.78 is 0. The number of hydrogen-bond donors (Lipinski definition) is 0. The van der Waals surface area contributed by atoms with Gasteiger partial charge in [-0.2, -0.15) is 4.79 Å². The molecule has 0 spiro atoms. The van der Waals surface area contributed by atoms with Gasteiger partial charge in [-0.05, 0) is 0 Å². The number of rotatable bonds is 2. The molecule has 0 aromatic heterocycles. The lowest BCUT2D eigenvalue weighted by Gasteiger charge is -2.10. The van der Waals surface area contributed by atoms with E-state index in [1.807, 2.05) is 0 Å². The second-order valence-corrected chi connectivity index (χ2v) is 3.18. The predicted molar refractivity (Wildman–Crippen MR) is 39.2 cm³/mol. The molecule has 60 valence electrons. The molecule has 4 nitrogen and oxygen atoms in total. The Kier molecular flexibility index (Phi) is 2.84. The third-order valence-corrected chi connectivity index (χ3v) is 1.13. The second kappa shape index (κ2) is 3.21. The van der Waals surface area contributed by atoms with E-state index < -0.39 is 16.9 Å². The van der Waals surface area contributed by atoms with Gasteiger partial charge in [-0.15, -0.1) is 0 Å². The molecule has 0 aliphatic carbocycles. The van der Waals surface area contributed by atoms with Crippen LogP contribution < -0.4 is 0 Å². The van der Waals surface area contributed by atoms with Gasteiger partial charge in [-0.1, -0.05) is 20.8 Å². The van der Waals surface area contributed by atoms with Crippen molar-refractivity contribution in [1.29, 1.82) is 0 Å². The average Bonchev–Trinajstić information content (AvgIpc) is 1.88. The Morgan fingerprint density at radius 3 is 2.00 bits per heavy atom. The maximum atomic E-state index is 11.1. The van der Waals surface area contributed by atoms with E-state index in [0.29, 0.717) is 0 Å². The molecule has 0 rings (SSSR count). The van der Waals surface area contributed by atoms with E-state index in [9.17, 15) is 9.59 Å². The minimum atomic E-state index is -0.678. The fourth-order valence-electron chi connectivity index (χ4n) is 0.507. The normalized spacial score (nSPS) is 10.1. The molecular weight excluding hydrogens is 144 g/mol. The van der Waals surface area contributed by atoms with Crippen LogP contribution in [0, 0.1) is 5.41 Å². The molecule has 0 heterocycles. The number of hydrogen-bond acceptors (Lipinski definition) is 2. The highest BCUT2D eigenvalue weighted by Gasteiger charge is 2.31. The zero-order valence-electron chi connectivity index (χ0n) is 6.79. The Morgan fingerprint density at radius 2 is 1.91 bits per heavy atom. The Bertz CT molecular complexity index is 231. The summed E-state index contributed by atoms with van der Waals surface area (Å²) in [6, 6.07) is 0.